The van der Waals surface area contributed by atoms with Crippen LogP contribution >= 0.6 is 0 Å². The molecule has 1 aliphatic heterocycles. The van der Waals surface area contributed by atoms with E-state index in [2.05, 4.69) is 36.9 Å². The molecule has 2 rings (SSSR count). The van der Waals surface area contributed by atoms with E-state index in [-0.39, 0.29) is 6.04 Å². The first kappa shape index (κ1) is 14.5. The average Bonchev–Trinajstić information content (AvgIpc) is 2.42. The highest BCUT2D eigenvalue weighted by Gasteiger charge is 2.20. The highest BCUT2D eigenvalue weighted by Crippen LogP contribution is 2.19. The molecule has 3 heteroatoms. The van der Waals surface area contributed by atoms with Gasteiger partial charge in [0.2, 0.25) is 0 Å². The fraction of sp³-hybridized carbons (Fsp3) is 0.625. The molecule has 0 aliphatic carbocycles. The molecule has 0 amide bonds. The number of likely N-dealkylation sites (tertiary alicyclic amines) is 1. The van der Waals surface area contributed by atoms with Crippen LogP contribution in [0.5, 0.6) is 0 Å². The molecule has 1 aromatic rings. The summed E-state index contributed by atoms with van der Waals surface area (Å²) in [6.07, 6.45) is 2.68. The highest BCUT2D eigenvalue weighted by molar-refractivity contribution is 5.31. The van der Waals surface area contributed by atoms with E-state index in [1.807, 2.05) is 0 Å². The molecule has 0 saturated carbocycles. The number of hydrogen-bond donors (Lipinski definition) is 1. The molecule has 19 heavy (non-hydrogen) atoms. The van der Waals surface area contributed by atoms with Crippen LogP contribution < -0.4 is 5.73 Å². The first-order chi connectivity index (χ1) is 9.10. The Morgan fingerprint density at radius 3 is 2.53 bits per heavy atom. The summed E-state index contributed by atoms with van der Waals surface area (Å²) in [5.74, 6) is 0. The minimum atomic E-state index is 0.110. The lowest BCUT2D eigenvalue weighted by molar-refractivity contribution is 0.0395. The summed E-state index contributed by atoms with van der Waals surface area (Å²) < 4.78 is 5.40. The largest absolute Gasteiger partial charge is 0.381 e. The zero-order chi connectivity index (χ0) is 13.8. The van der Waals surface area contributed by atoms with E-state index < -0.39 is 0 Å². The van der Waals surface area contributed by atoms with Gasteiger partial charge in [-0.2, -0.15) is 0 Å². The minimum Gasteiger partial charge on any atom is -0.381 e. The van der Waals surface area contributed by atoms with Gasteiger partial charge in [0, 0.05) is 32.8 Å². The van der Waals surface area contributed by atoms with Gasteiger partial charge in [-0.15, -0.1) is 0 Å². The van der Waals surface area contributed by atoms with Gasteiger partial charge in [-0.3, -0.25) is 0 Å². The predicted molar refractivity (Wildman–Crippen MR) is 79.3 cm³/mol. The Balaban J connectivity index is 1.90. The molecule has 1 atom stereocenters. The van der Waals surface area contributed by atoms with Gasteiger partial charge in [-0.05, 0) is 43.4 Å². The number of nitrogens with two attached hydrogens (primary N) is 1. The second-order valence-corrected chi connectivity index (χ2v) is 5.69. The second-order valence-electron chi connectivity index (χ2n) is 5.69. The number of ether oxygens (including phenoxy) is 1. The van der Waals surface area contributed by atoms with Crippen LogP contribution in [0.3, 0.4) is 0 Å². The van der Waals surface area contributed by atoms with E-state index in [1.54, 1.807) is 7.11 Å². The molecular weight excluding hydrogens is 236 g/mol. The molecule has 1 heterocycles. The van der Waals surface area contributed by atoms with Crippen LogP contribution in [0.2, 0.25) is 0 Å². The van der Waals surface area contributed by atoms with Crippen LogP contribution in [0.4, 0.5) is 0 Å². The van der Waals surface area contributed by atoms with Crippen molar-refractivity contribution < 1.29 is 4.74 Å². The maximum absolute atomic E-state index is 6.34. The Morgan fingerprint density at radius 1 is 1.26 bits per heavy atom. The first-order valence-electron chi connectivity index (χ1n) is 7.18. The first-order valence-corrected chi connectivity index (χ1v) is 7.18. The van der Waals surface area contributed by atoms with Crippen molar-refractivity contribution in [1.29, 1.82) is 0 Å². The quantitative estimate of drug-likeness (QED) is 0.905. The van der Waals surface area contributed by atoms with Crippen molar-refractivity contribution in [3.05, 3.63) is 34.9 Å². The monoisotopic (exact) mass is 262 g/mol. The zero-order valence-electron chi connectivity index (χ0n) is 12.4. The highest BCUT2D eigenvalue weighted by atomic mass is 16.5. The van der Waals surface area contributed by atoms with Crippen LogP contribution in [0.15, 0.2) is 18.2 Å². The standard InChI is InChI=1S/C16H26N2O/c1-12-4-5-14(10-13(12)2)16(17)11-18-8-6-15(19-3)7-9-18/h4-5,10,15-16H,6-9,11,17H2,1-3H3. The predicted octanol–water partition coefficient (Wildman–Crippen LogP) is 2.41. The van der Waals surface area contributed by atoms with Gasteiger partial charge in [0.1, 0.15) is 0 Å². The normalized spacial score (nSPS) is 19.6. The summed E-state index contributed by atoms with van der Waals surface area (Å²) >= 11 is 0. The maximum atomic E-state index is 6.34. The van der Waals surface area contributed by atoms with Crippen molar-refractivity contribution in [1.82, 2.24) is 4.90 Å². The van der Waals surface area contributed by atoms with Crippen molar-refractivity contribution in [3.8, 4) is 0 Å². The van der Waals surface area contributed by atoms with E-state index in [0.717, 1.165) is 32.5 Å². The van der Waals surface area contributed by atoms with E-state index in [4.69, 9.17) is 10.5 Å². The molecule has 1 saturated heterocycles. The van der Waals surface area contributed by atoms with Crippen molar-refractivity contribution in [2.24, 2.45) is 5.73 Å². The maximum Gasteiger partial charge on any atom is 0.0595 e. The Labute approximate surface area is 116 Å². The van der Waals surface area contributed by atoms with E-state index in [9.17, 15) is 0 Å². The van der Waals surface area contributed by atoms with Crippen molar-refractivity contribution in [2.75, 3.05) is 26.7 Å². The fourth-order valence-corrected chi connectivity index (χ4v) is 2.71. The molecule has 1 unspecified atom stereocenters. The molecule has 1 aromatic carbocycles. The Morgan fingerprint density at radius 2 is 1.95 bits per heavy atom. The van der Waals surface area contributed by atoms with Gasteiger partial charge < -0.3 is 15.4 Å². The molecule has 1 fully saturated rings. The van der Waals surface area contributed by atoms with Gasteiger partial charge in [-0.25, -0.2) is 0 Å². The minimum absolute atomic E-state index is 0.110. The summed E-state index contributed by atoms with van der Waals surface area (Å²) in [4.78, 5) is 2.45. The smallest absolute Gasteiger partial charge is 0.0595 e. The summed E-state index contributed by atoms with van der Waals surface area (Å²) in [7, 11) is 1.81. The van der Waals surface area contributed by atoms with Gasteiger partial charge >= 0.3 is 0 Å². The molecule has 2 N–H and O–H groups in total. The number of methoxy groups -OCH3 is 1. The number of piperidine rings is 1. The molecule has 3 nitrogen and oxygen atoms in total. The number of hydrogen-bond acceptors (Lipinski definition) is 3. The number of aryl methyl sites for hydroxylation is 2. The summed E-state index contributed by atoms with van der Waals surface area (Å²) in [6.45, 7) is 7.42. The number of nitrogens with zero attached hydrogens (tertiary/aromatic N) is 1. The third-order valence-electron chi connectivity index (χ3n) is 4.28. The summed E-state index contributed by atoms with van der Waals surface area (Å²) in [5, 5.41) is 0. The molecular formula is C16H26N2O. The van der Waals surface area contributed by atoms with Gasteiger partial charge in [0.05, 0.1) is 6.10 Å². The number of rotatable bonds is 4. The molecule has 1 aliphatic rings. The molecule has 106 valence electrons. The van der Waals surface area contributed by atoms with Crippen LogP contribution in [0.25, 0.3) is 0 Å². The van der Waals surface area contributed by atoms with Crippen molar-refractivity contribution in [3.63, 3.8) is 0 Å². The topological polar surface area (TPSA) is 38.5 Å². The summed E-state index contributed by atoms with van der Waals surface area (Å²) in [6, 6.07) is 6.66. The average molecular weight is 262 g/mol. The zero-order valence-corrected chi connectivity index (χ0v) is 12.4. The Kier molecular flexibility index (Phi) is 4.97. The molecule has 0 aromatic heterocycles. The van der Waals surface area contributed by atoms with E-state index >= 15 is 0 Å². The van der Waals surface area contributed by atoms with Gasteiger partial charge in [0.25, 0.3) is 0 Å². The van der Waals surface area contributed by atoms with Crippen LogP contribution in [-0.2, 0) is 4.74 Å². The summed E-state index contributed by atoms with van der Waals surface area (Å²) in [5.41, 5.74) is 10.2. The van der Waals surface area contributed by atoms with Crippen LogP contribution in [0, 0.1) is 13.8 Å². The second kappa shape index (κ2) is 6.51. The van der Waals surface area contributed by atoms with Crippen LogP contribution in [-0.4, -0.2) is 37.7 Å². The van der Waals surface area contributed by atoms with Crippen molar-refractivity contribution >= 4 is 0 Å². The lowest BCUT2D eigenvalue weighted by Crippen LogP contribution is -2.40. The fourth-order valence-electron chi connectivity index (χ4n) is 2.71. The molecule has 0 spiro atoms. The van der Waals surface area contributed by atoms with Gasteiger partial charge in [-0.1, -0.05) is 18.2 Å². The lowest BCUT2D eigenvalue weighted by Gasteiger charge is -2.32. The Hall–Kier alpha value is -0.900. The van der Waals surface area contributed by atoms with Crippen molar-refractivity contribution in [2.45, 2.75) is 38.8 Å². The third kappa shape index (κ3) is 3.78. The lowest BCUT2D eigenvalue weighted by atomic mass is 10.00. The van der Waals surface area contributed by atoms with Crippen LogP contribution in [0.1, 0.15) is 35.6 Å². The van der Waals surface area contributed by atoms with Gasteiger partial charge in [0.15, 0.2) is 0 Å². The SMILES string of the molecule is COC1CCN(CC(N)c2ccc(C)c(C)c2)CC1. The Bertz CT molecular complexity index is 411. The van der Waals surface area contributed by atoms with E-state index in [0.29, 0.717) is 6.10 Å². The third-order valence-corrected chi connectivity index (χ3v) is 4.28. The van der Waals surface area contributed by atoms with E-state index in [1.165, 1.54) is 16.7 Å². The number of benzene rings is 1. The molecule has 0 radical (unpaired) electrons. The molecule has 0 bridgehead atoms.